The Kier molecular flexibility index (Phi) is 6.81. The number of fused-ring (bicyclic) bond motifs is 1. The summed E-state index contributed by atoms with van der Waals surface area (Å²) in [4.78, 5) is 25.0. The van der Waals surface area contributed by atoms with Crippen molar-refractivity contribution in [2.45, 2.75) is 31.2 Å². The molecule has 0 aliphatic rings. The lowest BCUT2D eigenvalue weighted by atomic mass is 10.2. The Bertz CT molecular complexity index is 1090. The third-order valence-corrected chi connectivity index (χ3v) is 6.88. The van der Waals surface area contributed by atoms with Gasteiger partial charge < -0.3 is 4.57 Å². The molecule has 0 radical (unpaired) electrons. The molecule has 2 heterocycles. The Balaban J connectivity index is 1.51. The molecule has 2 aromatic carbocycles. The van der Waals surface area contributed by atoms with Crippen molar-refractivity contribution >= 4 is 44.4 Å². The number of rotatable bonds is 9. The first-order chi connectivity index (χ1) is 14.7. The van der Waals surface area contributed by atoms with Crippen molar-refractivity contribution in [2.24, 2.45) is 0 Å². The maximum absolute atomic E-state index is 13.2. The number of thiazole rings is 1. The van der Waals surface area contributed by atoms with Gasteiger partial charge in [-0.15, -0.1) is 11.8 Å². The van der Waals surface area contributed by atoms with Crippen LogP contribution in [-0.2, 0) is 17.8 Å². The number of thioether (sulfide) groups is 1. The Morgan fingerprint density at radius 2 is 2.07 bits per heavy atom. The highest BCUT2D eigenvalue weighted by Gasteiger charge is 2.20. The smallest absolute Gasteiger partial charge is 0.239 e. The fraction of sp³-hybridized carbons (Fsp3) is 0.261. The summed E-state index contributed by atoms with van der Waals surface area (Å²) in [5.74, 6) is 0.481. The van der Waals surface area contributed by atoms with E-state index in [0.717, 1.165) is 39.6 Å². The van der Waals surface area contributed by atoms with Gasteiger partial charge in [0.2, 0.25) is 5.91 Å². The first-order valence-corrected chi connectivity index (χ1v) is 11.9. The van der Waals surface area contributed by atoms with Gasteiger partial charge in [0, 0.05) is 30.4 Å². The molecule has 0 fully saturated rings. The molecule has 30 heavy (non-hydrogen) atoms. The minimum absolute atomic E-state index is 0.0873. The van der Waals surface area contributed by atoms with Gasteiger partial charge in [0.25, 0.3) is 0 Å². The zero-order valence-corrected chi connectivity index (χ0v) is 18.5. The zero-order chi connectivity index (χ0) is 20.8. The van der Waals surface area contributed by atoms with Gasteiger partial charge in [-0.25, -0.2) is 9.97 Å². The minimum Gasteiger partial charge on any atom is -0.337 e. The number of carbonyl (C=O) groups is 1. The van der Waals surface area contributed by atoms with E-state index < -0.39 is 0 Å². The van der Waals surface area contributed by atoms with Crippen molar-refractivity contribution in [3.05, 3.63) is 72.8 Å². The van der Waals surface area contributed by atoms with Crippen LogP contribution in [0.1, 0.15) is 18.9 Å². The molecular formula is C23H24N4OS2. The van der Waals surface area contributed by atoms with Gasteiger partial charge in [-0.2, -0.15) is 0 Å². The van der Waals surface area contributed by atoms with Gasteiger partial charge in [0.15, 0.2) is 5.13 Å². The number of carbonyl (C=O) groups excluding carboxylic acids is 1. The Labute approximate surface area is 184 Å². The number of aryl methyl sites for hydroxylation is 2. The number of nitrogens with zero attached hydrogens (tertiary/aromatic N) is 4. The van der Waals surface area contributed by atoms with Gasteiger partial charge in [-0.1, -0.05) is 42.5 Å². The van der Waals surface area contributed by atoms with Crippen LogP contribution in [0.2, 0.25) is 0 Å². The quantitative estimate of drug-likeness (QED) is 0.335. The molecule has 0 spiro atoms. The van der Waals surface area contributed by atoms with E-state index in [1.165, 1.54) is 5.56 Å². The molecule has 5 nitrogen and oxygen atoms in total. The maximum Gasteiger partial charge on any atom is 0.239 e. The Morgan fingerprint density at radius 3 is 2.83 bits per heavy atom. The van der Waals surface area contributed by atoms with Crippen LogP contribution in [-0.4, -0.2) is 32.7 Å². The van der Waals surface area contributed by atoms with Gasteiger partial charge >= 0.3 is 0 Å². The Morgan fingerprint density at radius 1 is 1.20 bits per heavy atom. The fourth-order valence-electron chi connectivity index (χ4n) is 3.19. The van der Waals surface area contributed by atoms with E-state index in [4.69, 9.17) is 4.98 Å². The molecule has 0 aliphatic heterocycles. The van der Waals surface area contributed by atoms with Gasteiger partial charge in [-0.05, 0) is 42.7 Å². The first-order valence-electron chi connectivity index (χ1n) is 10.1. The zero-order valence-electron chi connectivity index (χ0n) is 16.9. The van der Waals surface area contributed by atoms with Crippen LogP contribution in [0.15, 0.2) is 72.1 Å². The minimum atomic E-state index is 0.0873. The average Bonchev–Trinajstić information content (AvgIpc) is 3.44. The predicted molar refractivity (Wildman–Crippen MR) is 125 cm³/mol. The SMILES string of the molecule is CCc1ccc2nc(N(CCCn3ccnc3)C(=O)CSc3ccccc3)sc2c1. The average molecular weight is 437 g/mol. The fourth-order valence-corrected chi connectivity index (χ4v) is 5.06. The summed E-state index contributed by atoms with van der Waals surface area (Å²) in [5.41, 5.74) is 2.24. The molecule has 0 N–H and O–H groups in total. The van der Waals surface area contributed by atoms with Gasteiger partial charge in [0.1, 0.15) is 0 Å². The second kappa shape index (κ2) is 9.91. The number of hydrogen-bond donors (Lipinski definition) is 0. The summed E-state index contributed by atoms with van der Waals surface area (Å²) in [6.45, 7) is 3.60. The molecule has 0 saturated heterocycles. The highest BCUT2D eigenvalue weighted by atomic mass is 32.2. The van der Waals surface area contributed by atoms with Crippen LogP contribution < -0.4 is 4.90 Å². The van der Waals surface area contributed by atoms with Crippen LogP contribution in [0.3, 0.4) is 0 Å². The van der Waals surface area contributed by atoms with Crippen LogP contribution in [0.4, 0.5) is 5.13 Å². The second-order valence-electron chi connectivity index (χ2n) is 6.95. The highest BCUT2D eigenvalue weighted by molar-refractivity contribution is 8.00. The third-order valence-electron chi connectivity index (χ3n) is 4.84. The lowest BCUT2D eigenvalue weighted by Crippen LogP contribution is -2.33. The molecule has 0 bridgehead atoms. The van der Waals surface area contributed by atoms with Crippen LogP contribution >= 0.6 is 23.1 Å². The number of anilines is 1. The number of benzene rings is 2. The van der Waals surface area contributed by atoms with Crippen molar-refractivity contribution in [3.8, 4) is 0 Å². The standard InChI is InChI=1S/C23H24N4OS2/c1-2-18-9-10-20-21(15-18)30-23(25-20)27(13-6-12-26-14-11-24-17-26)22(28)16-29-19-7-4-3-5-8-19/h3-5,7-11,14-15,17H,2,6,12-13,16H2,1H3. The normalized spacial score (nSPS) is 11.1. The first kappa shape index (κ1) is 20.6. The van der Waals surface area contributed by atoms with Crippen molar-refractivity contribution in [1.82, 2.24) is 14.5 Å². The molecular weight excluding hydrogens is 412 g/mol. The van der Waals surface area contributed by atoms with E-state index in [1.54, 1.807) is 35.6 Å². The number of aromatic nitrogens is 3. The lowest BCUT2D eigenvalue weighted by Gasteiger charge is -2.20. The van der Waals surface area contributed by atoms with Gasteiger partial charge in [0.05, 0.1) is 22.3 Å². The summed E-state index contributed by atoms with van der Waals surface area (Å²) in [5, 5.41) is 0.780. The maximum atomic E-state index is 13.2. The second-order valence-corrected chi connectivity index (χ2v) is 9.01. The molecule has 0 aliphatic carbocycles. The topological polar surface area (TPSA) is 51.0 Å². The largest absolute Gasteiger partial charge is 0.337 e. The Hall–Kier alpha value is -2.64. The highest BCUT2D eigenvalue weighted by Crippen LogP contribution is 2.31. The molecule has 0 atom stereocenters. The molecule has 2 aromatic heterocycles. The van der Waals surface area contributed by atoms with E-state index in [2.05, 4.69) is 30.1 Å². The van der Waals surface area contributed by atoms with Crippen molar-refractivity contribution in [2.75, 3.05) is 17.2 Å². The molecule has 7 heteroatoms. The predicted octanol–water partition coefficient (Wildman–Crippen LogP) is 5.27. The summed E-state index contributed by atoms with van der Waals surface area (Å²) in [7, 11) is 0. The summed E-state index contributed by atoms with van der Waals surface area (Å²) in [6.07, 6.45) is 7.36. The summed E-state index contributed by atoms with van der Waals surface area (Å²) >= 11 is 3.16. The van der Waals surface area contributed by atoms with Crippen molar-refractivity contribution in [3.63, 3.8) is 0 Å². The molecule has 4 rings (SSSR count). The molecule has 154 valence electrons. The van der Waals surface area contributed by atoms with E-state index in [0.29, 0.717) is 12.3 Å². The molecule has 0 unspecified atom stereocenters. The van der Waals surface area contributed by atoms with Crippen LogP contribution in [0, 0.1) is 0 Å². The number of amides is 1. The lowest BCUT2D eigenvalue weighted by molar-refractivity contribution is -0.116. The van der Waals surface area contributed by atoms with E-state index in [-0.39, 0.29) is 5.91 Å². The van der Waals surface area contributed by atoms with E-state index >= 15 is 0 Å². The van der Waals surface area contributed by atoms with E-state index in [1.807, 2.05) is 46.0 Å². The van der Waals surface area contributed by atoms with E-state index in [9.17, 15) is 4.79 Å². The third kappa shape index (κ3) is 5.09. The monoisotopic (exact) mass is 436 g/mol. The van der Waals surface area contributed by atoms with Crippen molar-refractivity contribution in [1.29, 1.82) is 0 Å². The molecule has 0 saturated carbocycles. The summed E-state index contributed by atoms with van der Waals surface area (Å²) < 4.78 is 3.17. The number of imidazole rings is 1. The number of hydrogen-bond acceptors (Lipinski definition) is 5. The molecule has 1 amide bonds. The van der Waals surface area contributed by atoms with Gasteiger partial charge in [-0.3, -0.25) is 9.69 Å². The van der Waals surface area contributed by atoms with Crippen LogP contribution in [0.25, 0.3) is 10.2 Å². The summed E-state index contributed by atoms with van der Waals surface area (Å²) in [6, 6.07) is 16.4. The van der Waals surface area contributed by atoms with Crippen molar-refractivity contribution < 1.29 is 4.79 Å². The molecule has 4 aromatic rings. The van der Waals surface area contributed by atoms with Crippen LogP contribution in [0.5, 0.6) is 0 Å².